The highest BCUT2D eigenvalue weighted by molar-refractivity contribution is 5.21. The van der Waals surface area contributed by atoms with Crippen LogP contribution in [0.1, 0.15) is 44.1 Å². The SMILES string of the molecule is C=C(CC)CC(O)c1cn(C)nc1CC. The van der Waals surface area contributed by atoms with Gasteiger partial charge in [0, 0.05) is 18.8 Å². The Morgan fingerprint density at radius 3 is 2.80 bits per heavy atom. The number of hydrogen-bond donors (Lipinski definition) is 1. The molecule has 1 aromatic rings. The zero-order valence-corrected chi connectivity index (χ0v) is 9.82. The van der Waals surface area contributed by atoms with Crippen LogP contribution >= 0.6 is 0 Å². The van der Waals surface area contributed by atoms with Crippen LogP contribution in [0.5, 0.6) is 0 Å². The topological polar surface area (TPSA) is 38.0 Å². The summed E-state index contributed by atoms with van der Waals surface area (Å²) >= 11 is 0. The summed E-state index contributed by atoms with van der Waals surface area (Å²) in [6.45, 7) is 8.02. The largest absolute Gasteiger partial charge is 0.388 e. The number of aromatic nitrogens is 2. The first kappa shape index (κ1) is 12.0. The second kappa shape index (κ2) is 5.12. The number of aryl methyl sites for hydroxylation is 2. The van der Waals surface area contributed by atoms with Crippen molar-refractivity contribution in [2.24, 2.45) is 7.05 Å². The minimum atomic E-state index is -0.457. The van der Waals surface area contributed by atoms with Gasteiger partial charge in [-0.05, 0) is 19.3 Å². The highest BCUT2D eigenvalue weighted by Gasteiger charge is 2.15. The Hall–Kier alpha value is -1.09. The molecule has 1 aromatic heterocycles. The maximum absolute atomic E-state index is 10.0. The molecule has 0 spiro atoms. The van der Waals surface area contributed by atoms with Gasteiger partial charge >= 0.3 is 0 Å². The lowest BCUT2D eigenvalue weighted by Gasteiger charge is -2.10. The van der Waals surface area contributed by atoms with Crippen LogP contribution in [0.25, 0.3) is 0 Å². The summed E-state index contributed by atoms with van der Waals surface area (Å²) in [4.78, 5) is 0. The Morgan fingerprint density at radius 2 is 2.27 bits per heavy atom. The molecule has 1 heterocycles. The van der Waals surface area contributed by atoms with Crippen molar-refractivity contribution in [3.8, 4) is 0 Å². The maximum Gasteiger partial charge on any atom is 0.0860 e. The Labute approximate surface area is 91.4 Å². The molecule has 0 aliphatic carbocycles. The van der Waals surface area contributed by atoms with Crippen molar-refractivity contribution in [1.29, 1.82) is 0 Å². The van der Waals surface area contributed by atoms with Crippen LogP contribution in [0.2, 0.25) is 0 Å². The zero-order chi connectivity index (χ0) is 11.4. The fraction of sp³-hybridized carbons (Fsp3) is 0.583. The molecule has 1 unspecified atom stereocenters. The number of hydrogen-bond acceptors (Lipinski definition) is 2. The maximum atomic E-state index is 10.0. The molecule has 0 aliphatic heterocycles. The Morgan fingerprint density at radius 1 is 1.60 bits per heavy atom. The number of aliphatic hydroxyl groups is 1. The fourth-order valence-electron chi connectivity index (χ4n) is 1.63. The van der Waals surface area contributed by atoms with Gasteiger partial charge in [-0.25, -0.2) is 0 Å². The Balaban J connectivity index is 2.80. The summed E-state index contributed by atoms with van der Waals surface area (Å²) in [6.07, 6.45) is 3.84. The summed E-state index contributed by atoms with van der Waals surface area (Å²) in [7, 11) is 1.88. The number of rotatable bonds is 5. The van der Waals surface area contributed by atoms with Crippen LogP contribution in [0, 0.1) is 0 Å². The van der Waals surface area contributed by atoms with E-state index in [-0.39, 0.29) is 0 Å². The molecule has 1 atom stereocenters. The average molecular weight is 208 g/mol. The van der Waals surface area contributed by atoms with Crippen molar-refractivity contribution in [3.05, 3.63) is 29.6 Å². The second-order valence-electron chi connectivity index (χ2n) is 3.88. The molecule has 15 heavy (non-hydrogen) atoms. The van der Waals surface area contributed by atoms with E-state index < -0.39 is 6.10 Å². The van der Waals surface area contributed by atoms with Crippen molar-refractivity contribution >= 4 is 0 Å². The molecule has 1 N–H and O–H groups in total. The molecule has 3 nitrogen and oxygen atoms in total. The van der Waals surface area contributed by atoms with Gasteiger partial charge in [0.25, 0.3) is 0 Å². The average Bonchev–Trinajstić information content (AvgIpc) is 2.59. The van der Waals surface area contributed by atoms with Crippen molar-refractivity contribution in [3.63, 3.8) is 0 Å². The van der Waals surface area contributed by atoms with Crippen LogP contribution in [0.15, 0.2) is 18.3 Å². The van der Waals surface area contributed by atoms with Gasteiger partial charge in [-0.1, -0.05) is 26.0 Å². The van der Waals surface area contributed by atoms with E-state index in [1.165, 1.54) is 0 Å². The lowest BCUT2D eigenvalue weighted by Crippen LogP contribution is -2.00. The summed E-state index contributed by atoms with van der Waals surface area (Å²) in [6, 6.07) is 0. The quantitative estimate of drug-likeness (QED) is 0.754. The van der Waals surface area contributed by atoms with Crippen molar-refractivity contribution in [1.82, 2.24) is 9.78 Å². The van der Waals surface area contributed by atoms with Gasteiger partial charge in [-0.3, -0.25) is 4.68 Å². The van der Waals surface area contributed by atoms with E-state index in [2.05, 4.69) is 18.6 Å². The summed E-state index contributed by atoms with van der Waals surface area (Å²) in [5, 5.41) is 14.3. The van der Waals surface area contributed by atoms with Gasteiger partial charge in [-0.15, -0.1) is 0 Å². The third-order valence-corrected chi connectivity index (χ3v) is 2.61. The molecule has 0 bridgehead atoms. The summed E-state index contributed by atoms with van der Waals surface area (Å²) < 4.78 is 1.76. The molecule has 84 valence electrons. The molecule has 0 amide bonds. The van der Waals surface area contributed by atoms with Gasteiger partial charge in [0.15, 0.2) is 0 Å². The minimum absolute atomic E-state index is 0.457. The Kier molecular flexibility index (Phi) is 4.09. The summed E-state index contributed by atoms with van der Waals surface area (Å²) in [5.74, 6) is 0. The molecule has 0 radical (unpaired) electrons. The van der Waals surface area contributed by atoms with Gasteiger partial charge < -0.3 is 5.11 Å². The molecule has 0 saturated carbocycles. The zero-order valence-electron chi connectivity index (χ0n) is 9.82. The standard InChI is InChI=1S/C12H20N2O/c1-5-9(3)7-12(15)10-8-14(4)13-11(10)6-2/h8,12,15H,3,5-7H2,1-2,4H3. The number of aliphatic hydroxyl groups excluding tert-OH is 1. The van der Waals surface area contributed by atoms with E-state index in [0.29, 0.717) is 6.42 Å². The van der Waals surface area contributed by atoms with E-state index in [1.54, 1.807) is 4.68 Å². The molecular formula is C12H20N2O. The number of nitrogens with zero attached hydrogens (tertiary/aromatic N) is 2. The molecule has 0 fully saturated rings. The van der Waals surface area contributed by atoms with Gasteiger partial charge in [0.2, 0.25) is 0 Å². The van der Waals surface area contributed by atoms with Crippen LogP contribution in [0.3, 0.4) is 0 Å². The van der Waals surface area contributed by atoms with Gasteiger partial charge in [-0.2, -0.15) is 5.10 Å². The van der Waals surface area contributed by atoms with E-state index in [0.717, 1.165) is 29.7 Å². The van der Waals surface area contributed by atoms with E-state index >= 15 is 0 Å². The highest BCUT2D eigenvalue weighted by atomic mass is 16.3. The highest BCUT2D eigenvalue weighted by Crippen LogP contribution is 2.24. The molecule has 1 rings (SSSR count). The monoisotopic (exact) mass is 208 g/mol. The lowest BCUT2D eigenvalue weighted by molar-refractivity contribution is 0.176. The minimum Gasteiger partial charge on any atom is -0.388 e. The smallest absolute Gasteiger partial charge is 0.0860 e. The summed E-state index contributed by atoms with van der Waals surface area (Å²) in [5.41, 5.74) is 3.00. The third kappa shape index (κ3) is 2.93. The first-order valence-electron chi connectivity index (χ1n) is 5.45. The van der Waals surface area contributed by atoms with Crippen LogP contribution < -0.4 is 0 Å². The normalized spacial score (nSPS) is 12.8. The first-order chi connectivity index (χ1) is 7.08. The molecular weight excluding hydrogens is 188 g/mol. The molecule has 0 saturated heterocycles. The van der Waals surface area contributed by atoms with Crippen LogP contribution in [-0.2, 0) is 13.5 Å². The van der Waals surface area contributed by atoms with Gasteiger partial charge in [0.1, 0.15) is 0 Å². The molecule has 0 aromatic carbocycles. The van der Waals surface area contributed by atoms with Crippen LogP contribution in [0.4, 0.5) is 0 Å². The fourth-order valence-corrected chi connectivity index (χ4v) is 1.63. The van der Waals surface area contributed by atoms with E-state index in [1.807, 2.05) is 20.2 Å². The third-order valence-electron chi connectivity index (χ3n) is 2.61. The van der Waals surface area contributed by atoms with Crippen molar-refractivity contribution in [2.75, 3.05) is 0 Å². The van der Waals surface area contributed by atoms with Crippen molar-refractivity contribution < 1.29 is 5.11 Å². The Bertz CT molecular complexity index is 341. The van der Waals surface area contributed by atoms with Gasteiger partial charge in [0.05, 0.1) is 11.8 Å². The van der Waals surface area contributed by atoms with E-state index in [9.17, 15) is 5.11 Å². The molecule has 3 heteroatoms. The van der Waals surface area contributed by atoms with Crippen molar-refractivity contribution in [2.45, 2.75) is 39.2 Å². The second-order valence-corrected chi connectivity index (χ2v) is 3.88. The van der Waals surface area contributed by atoms with Crippen LogP contribution in [-0.4, -0.2) is 14.9 Å². The molecule has 0 aliphatic rings. The first-order valence-corrected chi connectivity index (χ1v) is 5.45. The lowest BCUT2D eigenvalue weighted by atomic mass is 10.0. The predicted molar refractivity (Wildman–Crippen MR) is 61.6 cm³/mol. The van der Waals surface area contributed by atoms with E-state index in [4.69, 9.17) is 0 Å². The predicted octanol–water partition coefficient (Wildman–Crippen LogP) is 2.37.